The van der Waals surface area contributed by atoms with Crippen LogP contribution in [0.15, 0.2) is 0 Å². The van der Waals surface area contributed by atoms with Crippen LogP contribution in [0.1, 0.15) is 65.7 Å². The van der Waals surface area contributed by atoms with Crippen molar-refractivity contribution in [2.75, 3.05) is 6.54 Å². The first-order chi connectivity index (χ1) is 9.47. The maximum Gasteiger partial charge on any atom is 0.248 e. The molecule has 2 amide bonds. The molecule has 1 aliphatic carbocycles. The number of nitrogens with zero attached hydrogens (tertiary/aromatic N) is 1. The first-order valence-electron chi connectivity index (χ1n) is 8.10. The third-order valence-electron chi connectivity index (χ3n) is 4.68. The lowest BCUT2D eigenvalue weighted by Crippen LogP contribution is -2.69. The molecule has 1 unspecified atom stereocenters. The first-order valence-corrected chi connectivity index (χ1v) is 8.10. The number of unbranched alkanes of at least 4 members (excludes halogenated alkanes) is 1. The third-order valence-corrected chi connectivity index (χ3v) is 4.68. The Morgan fingerprint density at radius 2 is 1.85 bits per heavy atom. The lowest BCUT2D eigenvalue weighted by Gasteiger charge is -2.46. The van der Waals surface area contributed by atoms with E-state index in [2.05, 4.69) is 12.2 Å². The molecule has 1 saturated carbocycles. The zero-order chi connectivity index (χ0) is 14.8. The summed E-state index contributed by atoms with van der Waals surface area (Å²) < 4.78 is 0. The van der Waals surface area contributed by atoms with Crippen molar-refractivity contribution in [3.63, 3.8) is 0 Å². The van der Waals surface area contributed by atoms with E-state index in [1.807, 2.05) is 18.7 Å². The van der Waals surface area contributed by atoms with E-state index < -0.39 is 5.54 Å². The summed E-state index contributed by atoms with van der Waals surface area (Å²) in [5.41, 5.74) is -0.754. The van der Waals surface area contributed by atoms with Crippen molar-refractivity contribution in [1.29, 1.82) is 0 Å². The standard InChI is InChI=1S/C16H28N2O2/c1-4-5-11-18-13(12-9-7-6-8-10-12)14(19)17-16(2,3)15(18)20/h12-13H,4-11H2,1-3H3,(H,17,19). The van der Waals surface area contributed by atoms with Gasteiger partial charge in [-0.05, 0) is 39.0 Å². The molecule has 0 aromatic rings. The van der Waals surface area contributed by atoms with Crippen molar-refractivity contribution in [2.45, 2.75) is 77.3 Å². The van der Waals surface area contributed by atoms with Crippen LogP contribution in [0.3, 0.4) is 0 Å². The normalized spacial score (nSPS) is 27.6. The van der Waals surface area contributed by atoms with E-state index in [0.717, 1.165) is 25.7 Å². The number of rotatable bonds is 4. The smallest absolute Gasteiger partial charge is 0.248 e. The van der Waals surface area contributed by atoms with E-state index in [0.29, 0.717) is 12.5 Å². The second-order valence-electron chi connectivity index (χ2n) is 6.81. The van der Waals surface area contributed by atoms with Crippen LogP contribution in [0.4, 0.5) is 0 Å². The van der Waals surface area contributed by atoms with Crippen molar-refractivity contribution in [3.8, 4) is 0 Å². The second-order valence-corrected chi connectivity index (χ2v) is 6.81. The fourth-order valence-electron chi connectivity index (χ4n) is 3.55. The minimum absolute atomic E-state index is 0.0533. The van der Waals surface area contributed by atoms with Crippen LogP contribution in [0.5, 0.6) is 0 Å². The van der Waals surface area contributed by atoms with Gasteiger partial charge in [0.25, 0.3) is 0 Å². The Balaban J connectivity index is 2.20. The van der Waals surface area contributed by atoms with Crippen LogP contribution in [0.25, 0.3) is 0 Å². The summed E-state index contributed by atoms with van der Waals surface area (Å²) in [4.78, 5) is 27.1. The van der Waals surface area contributed by atoms with E-state index in [1.54, 1.807) is 0 Å². The number of nitrogens with one attached hydrogen (secondary N) is 1. The number of piperazine rings is 1. The fourth-order valence-corrected chi connectivity index (χ4v) is 3.55. The number of carbonyl (C=O) groups is 2. The fraction of sp³-hybridized carbons (Fsp3) is 0.875. The zero-order valence-corrected chi connectivity index (χ0v) is 13.1. The predicted molar refractivity (Wildman–Crippen MR) is 79.2 cm³/mol. The molecule has 1 saturated heterocycles. The summed E-state index contributed by atoms with van der Waals surface area (Å²) in [7, 11) is 0. The molecule has 1 heterocycles. The van der Waals surface area contributed by atoms with E-state index >= 15 is 0 Å². The van der Waals surface area contributed by atoms with E-state index in [1.165, 1.54) is 19.3 Å². The van der Waals surface area contributed by atoms with E-state index in [9.17, 15) is 9.59 Å². The molecule has 0 aromatic carbocycles. The first kappa shape index (κ1) is 15.3. The van der Waals surface area contributed by atoms with Crippen LogP contribution < -0.4 is 5.32 Å². The number of hydrogen-bond acceptors (Lipinski definition) is 2. The maximum absolute atomic E-state index is 12.7. The largest absolute Gasteiger partial charge is 0.340 e. The van der Waals surface area contributed by atoms with Crippen LogP contribution in [-0.4, -0.2) is 34.8 Å². The van der Waals surface area contributed by atoms with Crippen LogP contribution in [0, 0.1) is 5.92 Å². The molecule has 0 bridgehead atoms. The van der Waals surface area contributed by atoms with E-state index in [4.69, 9.17) is 0 Å². The Kier molecular flexibility index (Phi) is 4.71. The third kappa shape index (κ3) is 2.99. The SMILES string of the molecule is CCCCN1C(=O)C(C)(C)NC(=O)C1C1CCCCC1. The average Bonchev–Trinajstić information content (AvgIpc) is 2.41. The molecule has 0 spiro atoms. The Hall–Kier alpha value is -1.06. The zero-order valence-electron chi connectivity index (χ0n) is 13.1. The highest BCUT2D eigenvalue weighted by atomic mass is 16.2. The molecule has 1 aliphatic heterocycles. The highest BCUT2D eigenvalue weighted by Gasteiger charge is 2.47. The Morgan fingerprint density at radius 1 is 1.20 bits per heavy atom. The van der Waals surface area contributed by atoms with Crippen molar-refractivity contribution in [1.82, 2.24) is 10.2 Å². The van der Waals surface area contributed by atoms with Crippen LogP contribution in [0.2, 0.25) is 0 Å². The number of amides is 2. The molecular formula is C16H28N2O2. The maximum atomic E-state index is 12.7. The number of carbonyl (C=O) groups excluding carboxylic acids is 2. The lowest BCUT2D eigenvalue weighted by atomic mass is 9.80. The Morgan fingerprint density at radius 3 is 2.45 bits per heavy atom. The van der Waals surface area contributed by atoms with Crippen molar-refractivity contribution >= 4 is 11.8 Å². The van der Waals surface area contributed by atoms with Gasteiger partial charge in [0.05, 0.1) is 0 Å². The molecule has 4 heteroatoms. The number of hydrogen-bond donors (Lipinski definition) is 1. The van der Waals surface area contributed by atoms with Gasteiger partial charge in [0, 0.05) is 6.54 Å². The van der Waals surface area contributed by atoms with Gasteiger partial charge in [0.15, 0.2) is 0 Å². The van der Waals surface area contributed by atoms with Gasteiger partial charge < -0.3 is 10.2 Å². The minimum atomic E-state index is -0.754. The summed E-state index contributed by atoms with van der Waals surface area (Å²) in [6.07, 6.45) is 7.81. The molecule has 1 N–H and O–H groups in total. The molecule has 0 radical (unpaired) electrons. The average molecular weight is 280 g/mol. The molecular weight excluding hydrogens is 252 g/mol. The lowest BCUT2D eigenvalue weighted by molar-refractivity contribution is -0.156. The van der Waals surface area contributed by atoms with Gasteiger partial charge in [-0.1, -0.05) is 32.6 Å². The monoisotopic (exact) mass is 280 g/mol. The summed E-state index contributed by atoms with van der Waals surface area (Å²) in [5.74, 6) is 0.486. The summed E-state index contributed by atoms with van der Waals surface area (Å²) >= 11 is 0. The van der Waals surface area contributed by atoms with Crippen molar-refractivity contribution in [3.05, 3.63) is 0 Å². The highest BCUT2D eigenvalue weighted by Crippen LogP contribution is 2.32. The van der Waals surface area contributed by atoms with E-state index in [-0.39, 0.29) is 17.9 Å². The summed E-state index contributed by atoms with van der Waals surface area (Å²) in [6.45, 7) is 6.45. The van der Waals surface area contributed by atoms with Gasteiger partial charge in [-0.2, -0.15) is 0 Å². The Bertz CT molecular complexity index is 373. The molecule has 1 atom stereocenters. The summed E-state index contributed by atoms with van der Waals surface area (Å²) in [5, 5.41) is 2.93. The molecule has 20 heavy (non-hydrogen) atoms. The molecule has 114 valence electrons. The molecule has 0 aromatic heterocycles. The minimum Gasteiger partial charge on any atom is -0.340 e. The van der Waals surface area contributed by atoms with Gasteiger partial charge >= 0.3 is 0 Å². The topological polar surface area (TPSA) is 49.4 Å². The molecule has 4 nitrogen and oxygen atoms in total. The second kappa shape index (κ2) is 6.15. The Labute approximate surface area is 122 Å². The van der Waals surface area contributed by atoms with Crippen molar-refractivity contribution < 1.29 is 9.59 Å². The van der Waals surface area contributed by atoms with Crippen molar-refractivity contribution in [2.24, 2.45) is 5.92 Å². The molecule has 2 fully saturated rings. The predicted octanol–water partition coefficient (Wildman–Crippen LogP) is 2.47. The van der Waals surface area contributed by atoms with Gasteiger partial charge in [0.2, 0.25) is 11.8 Å². The molecule has 2 aliphatic rings. The summed E-state index contributed by atoms with van der Waals surface area (Å²) in [6, 6.07) is -0.234. The highest BCUT2D eigenvalue weighted by molar-refractivity contribution is 5.99. The van der Waals surface area contributed by atoms with Gasteiger partial charge in [-0.3, -0.25) is 9.59 Å². The van der Waals surface area contributed by atoms with Gasteiger partial charge in [0.1, 0.15) is 11.6 Å². The van der Waals surface area contributed by atoms with Gasteiger partial charge in [-0.15, -0.1) is 0 Å². The van der Waals surface area contributed by atoms with Gasteiger partial charge in [-0.25, -0.2) is 0 Å². The quantitative estimate of drug-likeness (QED) is 0.860. The van der Waals surface area contributed by atoms with Crippen LogP contribution >= 0.6 is 0 Å². The van der Waals surface area contributed by atoms with Crippen LogP contribution in [-0.2, 0) is 9.59 Å². The molecule has 2 rings (SSSR count).